The fraction of sp³-hybridized carbons (Fsp3) is 0.222. The Morgan fingerprint density at radius 3 is 2.33 bits per heavy atom. The summed E-state index contributed by atoms with van der Waals surface area (Å²) < 4.78 is 6.47. The van der Waals surface area contributed by atoms with Crippen LogP contribution in [0.4, 0.5) is 0 Å². The van der Waals surface area contributed by atoms with Crippen molar-refractivity contribution in [3.05, 3.63) is 63.7 Å². The Morgan fingerprint density at radius 2 is 1.62 bits per heavy atom. The molecule has 0 aliphatic rings. The molecule has 0 bridgehead atoms. The van der Waals surface area contributed by atoms with E-state index in [1.807, 2.05) is 54.6 Å². The van der Waals surface area contributed by atoms with Gasteiger partial charge in [0.05, 0.1) is 0 Å². The smallest absolute Gasteiger partial charge is 0.257 e. The summed E-state index contributed by atoms with van der Waals surface area (Å²) in [5, 5.41) is 5.48. The monoisotopic (exact) mass is 438 g/mol. The van der Waals surface area contributed by atoms with Crippen LogP contribution in [0.1, 0.15) is 12.0 Å². The van der Waals surface area contributed by atoms with Gasteiger partial charge in [-0.05, 0) is 52.4 Å². The van der Waals surface area contributed by atoms with E-state index >= 15 is 0 Å². The second kappa shape index (κ2) is 9.92. The Bertz CT molecular complexity index is 660. The first-order valence-corrected chi connectivity index (χ1v) is 8.67. The number of nitrogens with one attached hydrogen (secondary N) is 2. The molecule has 2 rings (SSSR count). The lowest BCUT2D eigenvalue weighted by Crippen LogP contribution is -2.33. The van der Waals surface area contributed by atoms with E-state index in [1.54, 1.807) is 0 Å². The van der Waals surface area contributed by atoms with Crippen LogP contribution in [-0.2, 0) is 16.1 Å². The van der Waals surface area contributed by atoms with Crippen molar-refractivity contribution in [2.75, 3.05) is 13.2 Å². The normalized spacial score (nSPS) is 10.0. The van der Waals surface area contributed by atoms with E-state index in [2.05, 4.69) is 33.2 Å². The van der Waals surface area contributed by atoms with Crippen molar-refractivity contribution >= 4 is 34.4 Å². The van der Waals surface area contributed by atoms with E-state index in [4.69, 9.17) is 4.74 Å². The zero-order valence-corrected chi connectivity index (χ0v) is 15.3. The molecule has 0 fully saturated rings. The maximum Gasteiger partial charge on any atom is 0.257 e. The van der Waals surface area contributed by atoms with Crippen molar-refractivity contribution in [3.63, 3.8) is 0 Å². The highest BCUT2D eigenvalue weighted by Gasteiger charge is 2.05. The SMILES string of the molecule is O=C(CCNC(=O)COc1ccc(I)cc1)NCc1ccccc1. The number of hydrogen-bond acceptors (Lipinski definition) is 3. The Morgan fingerprint density at radius 1 is 0.917 bits per heavy atom. The zero-order chi connectivity index (χ0) is 17.2. The first-order chi connectivity index (χ1) is 11.6. The van der Waals surface area contributed by atoms with Gasteiger partial charge in [0.25, 0.3) is 5.91 Å². The molecule has 2 amide bonds. The van der Waals surface area contributed by atoms with Gasteiger partial charge in [0.1, 0.15) is 5.75 Å². The van der Waals surface area contributed by atoms with Crippen LogP contribution in [-0.4, -0.2) is 25.0 Å². The third-order valence-electron chi connectivity index (χ3n) is 3.19. The molecular formula is C18H19IN2O3. The minimum absolute atomic E-state index is 0.0633. The highest BCUT2D eigenvalue weighted by molar-refractivity contribution is 14.1. The standard InChI is InChI=1S/C18H19IN2O3/c19-15-6-8-16(9-7-15)24-13-18(23)20-11-10-17(22)21-12-14-4-2-1-3-5-14/h1-9H,10-13H2,(H,20,23)(H,21,22). The lowest BCUT2D eigenvalue weighted by molar-refractivity contribution is -0.123. The number of amides is 2. The number of carbonyl (C=O) groups is 2. The van der Waals surface area contributed by atoms with Crippen molar-refractivity contribution < 1.29 is 14.3 Å². The van der Waals surface area contributed by atoms with E-state index in [-0.39, 0.29) is 31.4 Å². The van der Waals surface area contributed by atoms with Crippen LogP contribution in [0.3, 0.4) is 0 Å². The Kier molecular flexibility index (Phi) is 7.54. The molecule has 24 heavy (non-hydrogen) atoms. The largest absolute Gasteiger partial charge is 0.484 e. The van der Waals surface area contributed by atoms with Gasteiger partial charge in [-0.1, -0.05) is 30.3 Å². The van der Waals surface area contributed by atoms with Gasteiger partial charge in [0.2, 0.25) is 5.91 Å². The molecule has 0 aliphatic carbocycles. The van der Waals surface area contributed by atoms with Gasteiger partial charge in [0, 0.05) is 23.1 Å². The van der Waals surface area contributed by atoms with Gasteiger partial charge in [-0.25, -0.2) is 0 Å². The van der Waals surface area contributed by atoms with E-state index in [0.29, 0.717) is 12.3 Å². The Labute approximate surface area is 154 Å². The average Bonchev–Trinajstić information content (AvgIpc) is 2.60. The van der Waals surface area contributed by atoms with Gasteiger partial charge >= 0.3 is 0 Å². The summed E-state index contributed by atoms with van der Waals surface area (Å²) in [5.74, 6) is 0.299. The Balaban J connectivity index is 1.58. The number of ether oxygens (including phenoxy) is 1. The molecule has 0 spiro atoms. The van der Waals surface area contributed by atoms with Crippen molar-refractivity contribution in [2.45, 2.75) is 13.0 Å². The summed E-state index contributed by atoms with van der Waals surface area (Å²) in [5.41, 5.74) is 1.04. The quantitative estimate of drug-likeness (QED) is 0.623. The molecule has 2 aromatic rings. The third kappa shape index (κ3) is 6.99. The van der Waals surface area contributed by atoms with Crippen LogP contribution in [0.15, 0.2) is 54.6 Å². The number of hydrogen-bond donors (Lipinski definition) is 2. The minimum atomic E-state index is -0.246. The molecular weight excluding hydrogens is 419 g/mol. The predicted octanol–water partition coefficient (Wildman–Crippen LogP) is 2.49. The van der Waals surface area contributed by atoms with Crippen molar-refractivity contribution in [2.24, 2.45) is 0 Å². The van der Waals surface area contributed by atoms with Gasteiger partial charge < -0.3 is 15.4 Å². The van der Waals surface area contributed by atoms with E-state index in [1.165, 1.54) is 0 Å². The summed E-state index contributed by atoms with van der Waals surface area (Å²) >= 11 is 2.20. The van der Waals surface area contributed by atoms with Crippen LogP contribution in [0.2, 0.25) is 0 Å². The molecule has 2 aromatic carbocycles. The van der Waals surface area contributed by atoms with Gasteiger partial charge in [-0.2, -0.15) is 0 Å². The third-order valence-corrected chi connectivity index (χ3v) is 3.91. The second-order valence-electron chi connectivity index (χ2n) is 5.10. The van der Waals surface area contributed by atoms with Gasteiger partial charge in [0.15, 0.2) is 6.61 Å². The second-order valence-corrected chi connectivity index (χ2v) is 6.35. The molecule has 0 unspecified atom stereocenters. The number of rotatable bonds is 8. The Hall–Kier alpha value is -2.09. The summed E-state index contributed by atoms with van der Waals surface area (Å²) in [4.78, 5) is 23.4. The average molecular weight is 438 g/mol. The summed E-state index contributed by atoms with van der Waals surface area (Å²) in [6.45, 7) is 0.714. The summed E-state index contributed by atoms with van der Waals surface area (Å²) in [6, 6.07) is 17.1. The fourth-order valence-electron chi connectivity index (χ4n) is 1.93. The molecule has 0 saturated heterocycles. The van der Waals surface area contributed by atoms with Crippen molar-refractivity contribution in [1.29, 1.82) is 0 Å². The van der Waals surface area contributed by atoms with Crippen LogP contribution < -0.4 is 15.4 Å². The van der Waals surface area contributed by atoms with Gasteiger partial charge in [-0.3, -0.25) is 9.59 Å². The summed E-state index contributed by atoms with van der Waals surface area (Å²) in [6.07, 6.45) is 0.238. The van der Waals surface area contributed by atoms with Crippen molar-refractivity contribution in [3.8, 4) is 5.75 Å². The lowest BCUT2D eigenvalue weighted by atomic mass is 10.2. The van der Waals surface area contributed by atoms with Crippen molar-refractivity contribution in [1.82, 2.24) is 10.6 Å². The maximum atomic E-state index is 11.7. The van der Waals surface area contributed by atoms with E-state index < -0.39 is 0 Å². The highest BCUT2D eigenvalue weighted by atomic mass is 127. The molecule has 5 nitrogen and oxygen atoms in total. The molecule has 0 radical (unpaired) electrons. The molecule has 0 atom stereocenters. The van der Waals surface area contributed by atoms with Gasteiger partial charge in [-0.15, -0.1) is 0 Å². The van der Waals surface area contributed by atoms with Crippen LogP contribution in [0.5, 0.6) is 5.75 Å². The van der Waals surface area contributed by atoms with E-state index in [0.717, 1.165) is 9.13 Å². The first-order valence-electron chi connectivity index (χ1n) is 7.59. The minimum Gasteiger partial charge on any atom is -0.484 e. The summed E-state index contributed by atoms with van der Waals surface area (Å²) in [7, 11) is 0. The predicted molar refractivity (Wildman–Crippen MR) is 101 cm³/mol. The highest BCUT2D eigenvalue weighted by Crippen LogP contribution is 2.13. The fourth-order valence-corrected chi connectivity index (χ4v) is 2.29. The van der Waals surface area contributed by atoms with Crippen LogP contribution in [0.25, 0.3) is 0 Å². The molecule has 0 aliphatic heterocycles. The number of halogens is 1. The molecule has 0 aromatic heterocycles. The molecule has 6 heteroatoms. The first kappa shape index (κ1) is 18.3. The number of benzene rings is 2. The van der Waals surface area contributed by atoms with Crippen LogP contribution in [0, 0.1) is 3.57 Å². The van der Waals surface area contributed by atoms with E-state index in [9.17, 15) is 9.59 Å². The topological polar surface area (TPSA) is 67.4 Å². The molecule has 2 N–H and O–H groups in total. The zero-order valence-electron chi connectivity index (χ0n) is 13.1. The van der Waals surface area contributed by atoms with Crippen LogP contribution >= 0.6 is 22.6 Å². The molecule has 0 heterocycles. The lowest BCUT2D eigenvalue weighted by Gasteiger charge is -2.08. The molecule has 126 valence electrons. The molecule has 0 saturated carbocycles. The number of carbonyl (C=O) groups excluding carboxylic acids is 2. The maximum absolute atomic E-state index is 11.7.